The lowest BCUT2D eigenvalue weighted by Gasteiger charge is -2.23. The van der Waals surface area contributed by atoms with Gasteiger partial charge in [-0.2, -0.15) is 8.78 Å². The van der Waals surface area contributed by atoms with Gasteiger partial charge in [-0.05, 0) is 20.0 Å². The van der Waals surface area contributed by atoms with Crippen molar-refractivity contribution in [2.24, 2.45) is 0 Å². The zero-order valence-corrected chi connectivity index (χ0v) is 10.3. The lowest BCUT2D eigenvalue weighted by Crippen LogP contribution is -2.33. The maximum absolute atomic E-state index is 13.8. The Balaban J connectivity index is 2.47. The fourth-order valence-corrected chi connectivity index (χ4v) is 1.69. The molecule has 0 aliphatic heterocycles. The molecule has 1 aromatic carbocycles. The maximum Gasteiger partial charge on any atom is 0.303 e. The molecule has 0 fully saturated rings. The van der Waals surface area contributed by atoms with Crippen LogP contribution in [-0.4, -0.2) is 36.1 Å². The second-order valence-electron chi connectivity index (χ2n) is 4.31. The lowest BCUT2D eigenvalue weighted by molar-refractivity contribution is -0.137. The highest BCUT2D eigenvalue weighted by molar-refractivity contribution is 5.66. The van der Waals surface area contributed by atoms with Crippen molar-refractivity contribution in [3.05, 3.63) is 35.9 Å². The lowest BCUT2D eigenvalue weighted by atomic mass is 10.1. The molecule has 5 heteroatoms. The summed E-state index contributed by atoms with van der Waals surface area (Å²) in [4.78, 5) is 11.8. The number of rotatable bonds is 7. The fraction of sp³-hybridized carbons (Fsp3) is 0.462. The van der Waals surface area contributed by atoms with Gasteiger partial charge in [-0.15, -0.1) is 0 Å². The first-order valence-electron chi connectivity index (χ1n) is 5.75. The monoisotopic (exact) mass is 257 g/mol. The molecule has 0 bridgehead atoms. The predicted molar refractivity (Wildman–Crippen MR) is 64.7 cm³/mol. The van der Waals surface area contributed by atoms with Gasteiger partial charge in [-0.3, -0.25) is 4.79 Å². The molecule has 3 nitrogen and oxygen atoms in total. The molecule has 0 heterocycles. The number of hydrogen-bond acceptors (Lipinski definition) is 2. The second-order valence-corrected chi connectivity index (χ2v) is 4.31. The molecule has 100 valence electrons. The Morgan fingerprint density at radius 3 is 2.50 bits per heavy atom. The largest absolute Gasteiger partial charge is 0.481 e. The third-order valence-electron chi connectivity index (χ3n) is 2.60. The van der Waals surface area contributed by atoms with Crippen LogP contribution in [0.3, 0.4) is 0 Å². The molecule has 0 atom stereocenters. The van der Waals surface area contributed by atoms with Crippen LogP contribution in [0.2, 0.25) is 0 Å². The quantitative estimate of drug-likeness (QED) is 0.816. The standard InChI is InChI=1S/C13H17F2NO2/c1-16(9-5-8-12(17)18)10-13(14,15)11-6-3-2-4-7-11/h2-4,6-7H,5,8-10H2,1H3,(H,17,18). The molecule has 18 heavy (non-hydrogen) atoms. The number of hydrogen-bond donors (Lipinski definition) is 1. The Morgan fingerprint density at radius 2 is 1.94 bits per heavy atom. The number of carboxylic acid groups (broad SMARTS) is 1. The highest BCUT2D eigenvalue weighted by Gasteiger charge is 2.32. The number of carbonyl (C=O) groups is 1. The first kappa shape index (κ1) is 14.6. The summed E-state index contributed by atoms with van der Waals surface area (Å²) in [5.41, 5.74) is -0.0184. The van der Waals surface area contributed by atoms with Crippen molar-refractivity contribution in [2.45, 2.75) is 18.8 Å². The van der Waals surface area contributed by atoms with E-state index in [1.807, 2.05) is 0 Å². The summed E-state index contributed by atoms with van der Waals surface area (Å²) < 4.78 is 27.7. The van der Waals surface area contributed by atoms with E-state index >= 15 is 0 Å². The van der Waals surface area contributed by atoms with E-state index in [9.17, 15) is 13.6 Å². The first-order chi connectivity index (χ1) is 8.42. The van der Waals surface area contributed by atoms with Crippen LogP contribution in [0.25, 0.3) is 0 Å². The third kappa shape index (κ3) is 4.79. The number of benzene rings is 1. The minimum Gasteiger partial charge on any atom is -0.481 e. The van der Waals surface area contributed by atoms with Gasteiger partial charge in [0.05, 0.1) is 6.54 Å². The van der Waals surface area contributed by atoms with E-state index in [1.54, 1.807) is 25.2 Å². The van der Waals surface area contributed by atoms with Crippen LogP contribution in [-0.2, 0) is 10.7 Å². The number of likely N-dealkylation sites (N-methyl/N-ethyl adjacent to an activating group) is 1. The minimum absolute atomic E-state index is 0.00124. The van der Waals surface area contributed by atoms with Crippen molar-refractivity contribution >= 4 is 5.97 Å². The zero-order valence-electron chi connectivity index (χ0n) is 10.3. The van der Waals surface area contributed by atoms with Crippen LogP contribution < -0.4 is 0 Å². The van der Waals surface area contributed by atoms with E-state index in [2.05, 4.69) is 0 Å². The van der Waals surface area contributed by atoms with Gasteiger partial charge in [-0.25, -0.2) is 0 Å². The maximum atomic E-state index is 13.8. The van der Waals surface area contributed by atoms with Gasteiger partial charge >= 0.3 is 5.97 Å². The molecule has 1 N–H and O–H groups in total. The van der Waals surface area contributed by atoms with Gasteiger partial charge in [0.15, 0.2) is 0 Å². The number of carboxylic acids is 1. The number of nitrogens with zero attached hydrogens (tertiary/aromatic N) is 1. The van der Waals surface area contributed by atoms with E-state index in [0.717, 1.165) is 0 Å². The molecule has 0 saturated heterocycles. The van der Waals surface area contributed by atoms with Gasteiger partial charge in [-0.1, -0.05) is 30.3 Å². The van der Waals surface area contributed by atoms with E-state index < -0.39 is 18.4 Å². The first-order valence-corrected chi connectivity index (χ1v) is 5.75. The summed E-state index contributed by atoms with van der Waals surface area (Å²) in [6.07, 6.45) is 0.373. The smallest absolute Gasteiger partial charge is 0.303 e. The molecule has 0 spiro atoms. The normalized spacial score (nSPS) is 11.8. The average Bonchev–Trinajstić information content (AvgIpc) is 2.29. The van der Waals surface area contributed by atoms with Crippen molar-refractivity contribution in [1.82, 2.24) is 4.90 Å². The molecule has 0 saturated carbocycles. The summed E-state index contributed by atoms with van der Waals surface area (Å²) in [6, 6.07) is 7.63. The van der Waals surface area contributed by atoms with Crippen molar-refractivity contribution in [3.8, 4) is 0 Å². The van der Waals surface area contributed by atoms with Crippen molar-refractivity contribution < 1.29 is 18.7 Å². The molecule has 0 aliphatic rings. The Kier molecular flexibility index (Phi) is 5.22. The molecular formula is C13H17F2NO2. The number of alkyl halides is 2. The topological polar surface area (TPSA) is 40.5 Å². The van der Waals surface area contributed by atoms with Crippen molar-refractivity contribution in [1.29, 1.82) is 0 Å². The minimum atomic E-state index is -2.92. The Hall–Kier alpha value is -1.49. The van der Waals surface area contributed by atoms with Crippen LogP contribution in [0.15, 0.2) is 30.3 Å². The molecule has 0 unspecified atom stereocenters. The highest BCUT2D eigenvalue weighted by Crippen LogP contribution is 2.28. The Labute approximate surface area is 105 Å². The van der Waals surface area contributed by atoms with Crippen LogP contribution >= 0.6 is 0 Å². The molecule has 1 aromatic rings. The molecule has 0 aliphatic carbocycles. The van der Waals surface area contributed by atoms with Crippen molar-refractivity contribution in [2.75, 3.05) is 20.1 Å². The molecule has 1 rings (SSSR count). The van der Waals surface area contributed by atoms with Gasteiger partial charge in [0, 0.05) is 12.0 Å². The molecule has 0 aromatic heterocycles. The fourth-order valence-electron chi connectivity index (χ4n) is 1.69. The number of aliphatic carboxylic acids is 1. The van der Waals surface area contributed by atoms with Crippen LogP contribution in [0.5, 0.6) is 0 Å². The summed E-state index contributed by atoms with van der Waals surface area (Å²) in [7, 11) is 1.57. The van der Waals surface area contributed by atoms with Crippen LogP contribution in [0.4, 0.5) is 8.78 Å². The zero-order chi connectivity index (χ0) is 13.6. The Morgan fingerprint density at radius 1 is 1.33 bits per heavy atom. The SMILES string of the molecule is CN(CCCC(=O)O)CC(F)(F)c1ccccc1. The van der Waals surface area contributed by atoms with Gasteiger partial charge in [0.25, 0.3) is 5.92 Å². The summed E-state index contributed by atoms with van der Waals surface area (Å²) in [5.74, 6) is -3.82. The number of halogens is 2. The van der Waals surface area contributed by atoms with E-state index in [1.165, 1.54) is 17.0 Å². The van der Waals surface area contributed by atoms with Crippen LogP contribution in [0.1, 0.15) is 18.4 Å². The average molecular weight is 257 g/mol. The van der Waals surface area contributed by atoms with Crippen LogP contribution in [0, 0.1) is 0 Å². The van der Waals surface area contributed by atoms with E-state index in [-0.39, 0.29) is 12.0 Å². The highest BCUT2D eigenvalue weighted by atomic mass is 19.3. The van der Waals surface area contributed by atoms with Gasteiger partial charge in [0.2, 0.25) is 0 Å². The van der Waals surface area contributed by atoms with E-state index in [0.29, 0.717) is 13.0 Å². The second kappa shape index (κ2) is 6.44. The molecule has 0 amide bonds. The summed E-state index contributed by atoms with van der Waals surface area (Å²) in [6.45, 7) is -0.0641. The van der Waals surface area contributed by atoms with E-state index in [4.69, 9.17) is 5.11 Å². The van der Waals surface area contributed by atoms with Gasteiger partial charge in [0.1, 0.15) is 0 Å². The summed E-state index contributed by atoms with van der Waals surface area (Å²) >= 11 is 0. The summed E-state index contributed by atoms with van der Waals surface area (Å²) in [5, 5.41) is 8.47. The molecule has 0 radical (unpaired) electrons. The van der Waals surface area contributed by atoms with Gasteiger partial charge < -0.3 is 10.0 Å². The third-order valence-corrected chi connectivity index (χ3v) is 2.60. The molecular weight excluding hydrogens is 240 g/mol. The predicted octanol–water partition coefficient (Wildman–Crippen LogP) is 2.58. The Bertz CT molecular complexity index is 382. The van der Waals surface area contributed by atoms with Crippen molar-refractivity contribution in [3.63, 3.8) is 0 Å².